The Morgan fingerprint density at radius 1 is 1.36 bits per heavy atom. The van der Waals surface area contributed by atoms with Crippen LogP contribution in [-0.4, -0.2) is 11.2 Å². The van der Waals surface area contributed by atoms with Gasteiger partial charge in [0.15, 0.2) is 0 Å². The molecule has 0 aliphatic heterocycles. The predicted octanol–water partition coefficient (Wildman–Crippen LogP) is 3.48. The Balaban J connectivity index is 2.16. The van der Waals surface area contributed by atoms with E-state index < -0.39 is 0 Å². The SMILES string of the molecule is C[C@H](O)[C@H]1C[C@H]1c1ccc(Cl)c(Cl)c1. The number of aliphatic hydroxyl groups excluding tert-OH is 1. The summed E-state index contributed by atoms with van der Waals surface area (Å²) in [5, 5.41) is 10.6. The van der Waals surface area contributed by atoms with Gasteiger partial charge in [0.05, 0.1) is 16.1 Å². The molecule has 1 aliphatic carbocycles. The van der Waals surface area contributed by atoms with Crippen molar-refractivity contribution < 1.29 is 5.11 Å². The molecular weight excluding hydrogens is 219 g/mol. The molecule has 1 N–H and O–H groups in total. The van der Waals surface area contributed by atoms with Crippen LogP contribution in [0.1, 0.15) is 24.8 Å². The van der Waals surface area contributed by atoms with Gasteiger partial charge in [-0.2, -0.15) is 0 Å². The van der Waals surface area contributed by atoms with Gasteiger partial charge >= 0.3 is 0 Å². The lowest BCUT2D eigenvalue weighted by Gasteiger charge is -2.04. The fourth-order valence-electron chi connectivity index (χ4n) is 1.87. The van der Waals surface area contributed by atoms with E-state index in [1.165, 1.54) is 5.56 Å². The predicted molar refractivity (Wildman–Crippen MR) is 59.0 cm³/mol. The Kier molecular flexibility index (Phi) is 2.74. The first-order valence-corrected chi connectivity index (χ1v) is 5.48. The van der Waals surface area contributed by atoms with Gasteiger partial charge < -0.3 is 5.11 Å². The standard InChI is InChI=1S/C11H12Cl2O/c1-6(14)8-5-9(8)7-2-3-10(12)11(13)4-7/h2-4,6,8-9,14H,5H2,1H3/t6-,8+,9-/m0/s1. The Morgan fingerprint density at radius 3 is 2.57 bits per heavy atom. The third-order valence-corrected chi connectivity index (χ3v) is 3.57. The summed E-state index contributed by atoms with van der Waals surface area (Å²) in [4.78, 5) is 0. The van der Waals surface area contributed by atoms with E-state index in [4.69, 9.17) is 23.2 Å². The molecule has 0 unspecified atom stereocenters. The fourth-order valence-corrected chi connectivity index (χ4v) is 2.18. The smallest absolute Gasteiger partial charge is 0.0595 e. The summed E-state index contributed by atoms with van der Waals surface area (Å²) < 4.78 is 0. The molecule has 3 atom stereocenters. The number of hydrogen-bond donors (Lipinski definition) is 1. The Morgan fingerprint density at radius 2 is 2.07 bits per heavy atom. The first-order chi connectivity index (χ1) is 6.59. The third-order valence-electron chi connectivity index (χ3n) is 2.83. The van der Waals surface area contributed by atoms with Gasteiger partial charge in [-0.3, -0.25) is 0 Å². The minimum absolute atomic E-state index is 0.227. The maximum Gasteiger partial charge on any atom is 0.0595 e. The third kappa shape index (κ3) is 1.90. The molecule has 1 fully saturated rings. The molecule has 1 aliphatic rings. The molecule has 0 amide bonds. The van der Waals surface area contributed by atoms with Crippen molar-refractivity contribution in [2.45, 2.75) is 25.4 Å². The molecule has 1 nitrogen and oxygen atoms in total. The number of halogens is 2. The number of aliphatic hydroxyl groups is 1. The monoisotopic (exact) mass is 230 g/mol. The summed E-state index contributed by atoms with van der Waals surface area (Å²) in [5.41, 5.74) is 1.19. The molecule has 14 heavy (non-hydrogen) atoms. The summed E-state index contributed by atoms with van der Waals surface area (Å²) in [7, 11) is 0. The van der Waals surface area contributed by atoms with Gasteiger partial charge in [-0.05, 0) is 42.9 Å². The van der Waals surface area contributed by atoms with Crippen LogP contribution in [0.25, 0.3) is 0 Å². The molecule has 1 aromatic carbocycles. The molecule has 0 aromatic heterocycles. The van der Waals surface area contributed by atoms with E-state index in [1.807, 2.05) is 25.1 Å². The van der Waals surface area contributed by atoms with Gasteiger partial charge in [-0.15, -0.1) is 0 Å². The summed E-state index contributed by atoms with van der Waals surface area (Å²) in [6.45, 7) is 1.84. The van der Waals surface area contributed by atoms with Gasteiger partial charge in [-0.25, -0.2) is 0 Å². The Labute approximate surface area is 93.7 Å². The van der Waals surface area contributed by atoms with Gasteiger partial charge in [0.2, 0.25) is 0 Å². The average molecular weight is 231 g/mol. The largest absolute Gasteiger partial charge is 0.393 e. The van der Waals surface area contributed by atoms with Crippen LogP contribution >= 0.6 is 23.2 Å². The highest BCUT2D eigenvalue weighted by atomic mass is 35.5. The molecule has 76 valence electrons. The van der Waals surface area contributed by atoms with E-state index >= 15 is 0 Å². The summed E-state index contributed by atoms with van der Waals surface area (Å²) in [5.74, 6) is 0.858. The summed E-state index contributed by atoms with van der Waals surface area (Å²) in [6.07, 6.45) is 0.824. The zero-order chi connectivity index (χ0) is 10.3. The van der Waals surface area contributed by atoms with Crippen LogP contribution in [0.15, 0.2) is 18.2 Å². The lowest BCUT2D eigenvalue weighted by Crippen LogP contribution is -2.03. The molecular formula is C11H12Cl2O. The minimum Gasteiger partial charge on any atom is -0.393 e. The number of benzene rings is 1. The minimum atomic E-state index is -0.227. The molecule has 1 aromatic rings. The van der Waals surface area contributed by atoms with Crippen LogP contribution in [-0.2, 0) is 0 Å². The second-order valence-corrected chi connectivity index (χ2v) is 4.73. The van der Waals surface area contributed by atoms with E-state index in [9.17, 15) is 5.11 Å². The van der Waals surface area contributed by atoms with Crippen molar-refractivity contribution in [3.63, 3.8) is 0 Å². The van der Waals surface area contributed by atoms with Crippen LogP contribution in [0.5, 0.6) is 0 Å². The first-order valence-electron chi connectivity index (χ1n) is 4.72. The van der Waals surface area contributed by atoms with Crippen LogP contribution in [0, 0.1) is 5.92 Å². The van der Waals surface area contributed by atoms with E-state index in [2.05, 4.69) is 0 Å². The molecule has 0 heterocycles. The number of rotatable bonds is 2. The lowest BCUT2D eigenvalue weighted by atomic mass is 10.1. The van der Waals surface area contributed by atoms with Crippen LogP contribution in [0.4, 0.5) is 0 Å². The topological polar surface area (TPSA) is 20.2 Å². The normalized spacial score (nSPS) is 27.4. The Hall–Kier alpha value is -0.240. The molecule has 0 radical (unpaired) electrons. The van der Waals surface area contributed by atoms with E-state index in [0.717, 1.165) is 6.42 Å². The van der Waals surface area contributed by atoms with Crippen molar-refractivity contribution in [1.82, 2.24) is 0 Å². The van der Waals surface area contributed by atoms with E-state index in [-0.39, 0.29) is 6.10 Å². The maximum atomic E-state index is 9.39. The van der Waals surface area contributed by atoms with Crippen molar-refractivity contribution >= 4 is 23.2 Å². The zero-order valence-corrected chi connectivity index (χ0v) is 9.39. The van der Waals surface area contributed by atoms with Crippen molar-refractivity contribution in [2.75, 3.05) is 0 Å². The van der Waals surface area contributed by atoms with Crippen molar-refractivity contribution in [3.05, 3.63) is 33.8 Å². The molecule has 0 bridgehead atoms. The molecule has 2 rings (SSSR count). The van der Waals surface area contributed by atoms with Crippen molar-refractivity contribution in [1.29, 1.82) is 0 Å². The molecule has 0 saturated heterocycles. The van der Waals surface area contributed by atoms with E-state index in [1.54, 1.807) is 0 Å². The highest BCUT2D eigenvalue weighted by Gasteiger charge is 2.41. The van der Waals surface area contributed by atoms with Gasteiger partial charge in [-0.1, -0.05) is 29.3 Å². The van der Waals surface area contributed by atoms with Gasteiger partial charge in [0, 0.05) is 0 Å². The number of hydrogen-bond acceptors (Lipinski definition) is 1. The van der Waals surface area contributed by atoms with E-state index in [0.29, 0.717) is 21.9 Å². The second kappa shape index (κ2) is 3.73. The van der Waals surface area contributed by atoms with Gasteiger partial charge in [0.1, 0.15) is 0 Å². The first kappa shape index (κ1) is 10.3. The summed E-state index contributed by atoms with van der Waals surface area (Å²) >= 11 is 11.7. The lowest BCUT2D eigenvalue weighted by molar-refractivity contribution is 0.169. The quantitative estimate of drug-likeness (QED) is 0.826. The molecule has 1 saturated carbocycles. The zero-order valence-electron chi connectivity index (χ0n) is 7.87. The van der Waals surface area contributed by atoms with Crippen molar-refractivity contribution in [2.24, 2.45) is 5.92 Å². The summed E-state index contributed by atoms with van der Waals surface area (Å²) in [6, 6.07) is 5.70. The molecule has 0 spiro atoms. The Bertz CT molecular complexity index is 349. The van der Waals surface area contributed by atoms with Crippen LogP contribution in [0.2, 0.25) is 10.0 Å². The highest BCUT2D eigenvalue weighted by Crippen LogP contribution is 2.50. The van der Waals surface area contributed by atoms with Crippen LogP contribution < -0.4 is 0 Å². The average Bonchev–Trinajstić information content (AvgIpc) is 2.89. The molecule has 3 heteroatoms. The second-order valence-electron chi connectivity index (χ2n) is 3.92. The van der Waals surface area contributed by atoms with Gasteiger partial charge in [0.25, 0.3) is 0 Å². The maximum absolute atomic E-state index is 9.39. The highest BCUT2D eigenvalue weighted by molar-refractivity contribution is 6.42. The van der Waals surface area contributed by atoms with Crippen LogP contribution in [0.3, 0.4) is 0 Å². The fraction of sp³-hybridized carbons (Fsp3) is 0.455. The van der Waals surface area contributed by atoms with Crippen molar-refractivity contribution in [3.8, 4) is 0 Å².